The van der Waals surface area contributed by atoms with E-state index in [1.165, 1.54) is 6.42 Å². The lowest BCUT2D eigenvalue weighted by Gasteiger charge is -2.22. The summed E-state index contributed by atoms with van der Waals surface area (Å²) in [5.41, 5.74) is 0. The van der Waals surface area contributed by atoms with Gasteiger partial charge in [-0.15, -0.1) is 0 Å². The van der Waals surface area contributed by atoms with E-state index in [4.69, 9.17) is 0 Å². The van der Waals surface area contributed by atoms with Crippen LogP contribution in [0, 0.1) is 5.92 Å². The van der Waals surface area contributed by atoms with Gasteiger partial charge in [0, 0.05) is 0 Å². The first-order chi connectivity index (χ1) is 5.61. The zero-order chi connectivity index (χ0) is 9.03. The van der Waals surface area contributed by atoms with E-state index in [-0.39, 0.29) is 0 Å². The van der Waals surface area contributed by atoms with Crippen molar-refractivity contribution in [3.63, 3.8) is 0 Å². The molecule has 1 fully saturated rings. The largest absolute Gasteiger partial charge is 0.307 e. The molecule has 1 radical (unpaired) electrons. The highest BCUT2D eigenvalue weighted by Crippen LogP contribution is 2.40. The number of hydrogen-bond donors (Lipinski definition) is 0. The molecule has 1 saturated carbocycles. The molecule has 0 aliphatic heterocycles. The van der Waals surface area contributed by atoms with Crippen molar-refractivity contribution in [2.24, 2.45) is 0 Å². The molecule has 0 heterocycles. The minimum Gasteiger partial charge on any atom is -0.193 e. The fourth-order valence-corrected chi connectivity index (χ4v) is 2.01. The molecular weight excluding hydrogens is 226 g/mol. The van der Waals surface area contributed by atoms with Crippen molar-refractivity contribution in [2.75, 3.05) is 0 Å². The highest BCUT2D eigenvalue weighted by Gasteiger charge is 2.36. The van der Waals surface area contributed by atoms with Crippen molar-refractivity contribution in [2.45, 2.75) is 49.8 Å². The lowest BCUT2D eigenvalue weighted by Crippen LogP contribution is -2.19. The maximum Gasteiger partial charge on any atom is 0.307 e. The zero-order valence-electron chi connectivity index (χ0n) is 7.08. The lowest BCUT2D eigenvalue weighted by atomic mass is 9.91. The highest BCUT2D eigenvalue weighted by molar-refractivity contribution is 9.10. The highest BCUT2D eigenvalue weighted by atomic mass is 79.9. The summed E-state index contributed by atoms with van der Waals surface area (Å²) in [7, 11) is 0. The molecule has 71 valence electrons. The molecule has 0 saturated heterocycles. The van der Waals surface area contributed by atoms with Crippen LogP contribution in [0.15, 0.2) is 0 Å². The summed E-state index contributed by atoms with van der Waals surface area (Å²) in [5.74, 6) is 0.391. The molecule has 0 bridgehead atoms. The van der Waals surface area contributed by atoms with Crippen molar-refractivity contribution in [3.05, 3.63) is 5.92 Å². The molecule has 0 amide bonds. The molecule has 12 heavy (non-hydrogen) atoms. The summed E-state index contributed by atoms with van der Waals surface area (Å²) < 4.78 is 25.6. The van der Waals surface area contributed by atoms with Crippen LogP contribution >= 0.6 is 15.9 Å². The quantitative estimate of drug-likeness (QED) is 0.599. The molecule has 1 rings (SSSR count). The van der Waals surface area contributed by atoms with Gasteiger partial charge in [-0.3, -0.25) is 0 Å². The van der Waals surface area contributed by atoms with Gasteiger partial charge in [-0.1, -0.05) is 32.1 Å². The Morgan fingerprint density at radius 3 is 1.75 bits per heavy atom. The number of halogens is 3. The van der Waals surface area contributed by atoms with Crippen molar-refractivity contribution in [1.82, 2.24) is 0 Å². The standard InChI is InChI=1S/C9H14BrF2/c10-9(11,12)8-6-4-2-1-3-5-7-8/h1-7H2. The van der Waals surface area contributed by atoms with Crippen LogP contribution in [-0.4, -0.2) is 4.83 Å². The van der Waals surface area contributed by atoms with Crippen LogP contribution in [0.5, 0.6) is 0 Å². The van der Waals surface area contributed by atoms with E-state index >= 15 is 0 Å². The molecule has 0 atom stereocenters. The van der Waals surface area contributed by atoms with Gasteiger partial charge in [0.1, 0.15) is 0 Å². The first kappa shape index (κ1) is 10.4. The average molecular weight is 240 g/mol. The Bertz CT molecular complexity index is 123. The average Bonchev–Trinajstić information content (AvgIpc) is 1.81. The monoisotopic (exact) mass is 239 g/mol. The van der Waals surface area contributed by atoms with Crippen LogP contribution in [0.1, 0.15) is 44.9 Å². The number of hydrogen-bond acceptors (Lipinski definition) is 0. The normalized spacial score (nSPS) is 23.2. The van der Waals surface area contributed by atoms with E-state index in [0.29, 0.717) is 18.8 Å². The molecule has 0 N–H and O–H groups in total. The summed E-state index contributed by atoms with van der Waals surface area (Å²) in [6.45, 7) is 0. The third-order valence-electron chi connectivity index (χ3n) is 2.36. The Morgan fingerprint density at radius 2 is 1.33 bits per heavy atom. The predicted octanol–water partition coefficient (Wildman–Crippen LogP) is 4.29. The van der Waals surface area contributed by atoms with Crippen molar-refractivity contribution < 1.29 is 8.78 Å². The van der Waals surface area contributed by atoms with Crippen molar-refractivity contribution >= 4 is 15.9 Å². The number of alkyl halides is 3. The summed E-state index contributed by atoms with van der Waals surface area (Å²) >= 11 is 2.43. The van der Waals surface area contributed by atoms with Gasteiger partial charge in [0.05, 0.1) is 5.92 Å². The minimum atomic E-state index is -2.72. The maximum atomic E-state index is 12.8. The predicted molar refractivity (Wildman–Crippen MR) is 49.4 cm³/mol. The first-order valence-corrected chi connectivity index (χ1v) is 5.32. The molecule has 0 nitrogen and oxygen atoms in total. The van der Waals surface area contributed by atoms with Gasteiger partial charge in [0.25, 0.3) is 0 Å². The molecular formula is C9H14BrF2. The van der Waals surface area contributed by atoms with Crippen LogP contribution in [0.25, 0.3) is 0 Å². The van der Waals surface area contributed by atoms with E-state index in [1.54, 1.807) is 0 Å². The Kier molecular flexibility index (Phi) is 3.94. The van der Waals surface area contributed by atoms with Crippen LogP contribution in [0.3, 0.4) is 0 Å². The van der Waals surface area contributed by atoms with Gasteiger partial charge in [0.2, 0.25) is 0 Å². The Labute approximate surface area is 80.9 Å². The molecule has 0 aromatic carbocycles. The third kappa shape index (κ3) is 3.38. The molecule has 0 unspecified atom stereocenters. The van der Waals surface area contributed by atoms with Crippen molar-refractivity contribution in [3.8, 4) is 0 Å². The summed E-state index contributed by atoms with van der Waals surface area (Å²) in [6.07, 6.45) is 6.46. The Hall–Kier alpha value is 0.340. The fraction of sp³-hybridized carbons (Fsp3) is 0.889. The van der Waals surface area contributed by atoms with Crippen LogP contribution in [0.2, 0.25) is 0 Å². The van der Waals surface area contributed by atoms with Crippen LogP contribution in [0.4, 0.5) is 8.78 Å². The molecule has 0 spiro atoms. The molecule has 0 aromatic heterocycles. The number of rotatable bonds is 1. The molecule has 1 aliphatic carbocycles. The lowest BCUT2D eigenvalue weighted by molar-refractivity contribution is 0.115. The van der Waals surface area contributed by atoms with Crippen LogP contribution < -0.4 is 0 Å². The summed E-state index contributed by atoms with van der Waals surface area (Å²) in [4.78, 5) is -2.72. The van der Waals surface area contributed by atoms with E-state index in [0.717, 1.165) is 25.7 Å². The summed E-state index contributed by atoms with van der Waals surface area (Å²) in [6, 6.07) is 0. The summed E-state index contributed by atoms with van der Waals surface area (Å²) in [5, 5.41) is 0. The van der Waals surface area contributed by atoms with Gasteiger partial charge in [-0.25, -0.2) is 0 Å². The zero-order valence-corrected chi connectivity index (χ0v) is 8.67. The minimum absolute atomic E-state index is 0.391. The van der Waals surface area contributed by atoms with E-state index < -0.39 is 4.83 Å². The van der Waals surface area contributed by atoms with Gasteiger partial charge in [0.15, 0.2) is 0 Å². The Balaban J connectivity index is 2.40. The van der Waals surface area contributed by atoms with Gasteiger partial charge in [-0.2, -0.15) is 8.78 Å². The van der Waals surface area contributed by atoms with E-state index in [9.17, 15) is 8.78 Å². The Morgan fingerprint density at radius 1 is 0.917 bits per heavy atom. The van der Waals surface area contributed by atoms with Gasteiger partial charge in [-0.05, 0) is 28.8 Å². The molecule has 3 heteroatoms. The second kappa shape index (κ2) is 4.54. The van der Waals surface area contributed by atoms with Gasteiger partial charge >= 0.3 is 4.83 Å². The maximum absolute atomic E-state index is 12.8. The van der Waals surface area contributed by atoms with E-state index in [1.807, 2.05) is 0 Å². The topological polar surface area (TPSA) is 0 Å². The first-order valence-electron chi connectivity index (χ1n) is 4.52. The van der Waals surface area contributed by atoms with E-state index in [2.05, 4.69) is 15.9 Å². The second-order valence-corrected chi connectivity index (χ2v) is 4.37. The van der Waals surface area contributed by atoms with Gasteiger partial charge < -0.3 is 0 Å². The molecule has 1 aliphatic rings. The van der Waals surface area contributed by atoms with Crippen molar-refractivity contribution in [1.29, 1.82) is 0 Å². The SMILES string of the molecule is FC(F)(Br)[C]1CCCCCCC1. The van der Waals surface area contributed by atoms with Crippen LogP contribution in [-0.2, 0) is 0 Å². The fourth-order valence-electron chi connectivity index (χ4n) is 1.62. The third-order valence-corrected chi connectivity index (χ3v) is 2.92. The second-order valence-electron chi connectivity index (χ2n) is 3.37. The smallest absolute Gasteiger partial charge is 0.193 e. The molecule has 0 aromatic rings.